The van der Waals surface area contributed by atoms with Gasteiger partial charge in [-0.05, 0) is 49.2 Å². The van der Waals surface area contributed by atoms with E-state index < -0.39 is 12.0 Å². The second-order valence-electron chi connectivity index (χ2n) is 5.29. The molecule has 4 nitrogen and oxygen atoms in total. The molecule has 1 heterocycles. The van der Waals surface area contributed by atoms with Crippen molar-refractivity contribution in [2.45, 2.75) is 39.3 Å². The minimum Gasteiger partial charge on any atom is -0.480 e. The molecule has 1 unspecified atom stereocenters. The summed E-state index contributed by atoms with van der Waals surface area (Å²) in [6, 6.07) is 7.56. The van der Waals surface area contributed by atoms with Gasteiger partial charge in [0, 0.05) is 5.56 Å². The molecular weight excluding hydrogens is 285 g/mol. The molecule has 0 fully saturated rings. The fourth-order valence-corrected chi connectivity index (χ4v) is 2.35. The average molecular weight is 305 g/mol. The number of furan rings is 1. The summed E-state index contributed by atoms with van der Waals surface area (Å²) in [6.45, 7) is 4.11. The first kappa shape index (κ1) is 16.2. The number of aryl methyl sites for hydroxylation is 1. The zero-order valence-electron chi connectivity index (χ0n) is 12.7. The maximum atomic E-state index is 13.1. The Balaban J connectivity index is 2.06. The van der Waals surface area contributed by atoms with E-state index in [1.165, 1.54) is 12.1 Å². The number of benzene rings is 1. The molecule has 0 radical (unpaired) electrons. The van der Waals surface area contributed by atoms with Crippen molar-refractivity contribution in [1.82, 2.24) is 5.32 Å². The van der Waals surface area contributed by atoms with Gasteiger partial charge in [0.2, 0.25) is 0 Å². The number of nitrogens with one attached hydrogen (secondary N) is 1. The van der Waals surface area contributed by atoms with Crippen molar-refractivity contribution in [2.24, 2.45) is 0 Å². The van der Waals surface area contributed by atoms with Crippen LogP contribution < -0.4 is 5.32 Å². The van der Waals surface area contributed by atoms with Gasteiger partial charge in [-0.2, -0.15) is 0 Å². The summed E-state index contributed by atoms with van der Waals surface area (Å²) >= 11 is 0. The first-order valence-corrected chi connectivity index (χ1v) is 7.32. The Morgan fingerprint density at radius 1 is 1.36 bits per heavy atom. The SMILES string of the molecule is CCCC(NCc1ccc(-c2ccc(F)cc2C)o1)C(=O)O. The lowest BCUT2D eigenvalue weighted by molar-refractivity contribution is -0.139. The topological polar surface area (TPSA) is 62.5 Å². The third-order valence-corrected chi connectivity index (χ3v) is 3.51. The predicted octanol–water partition coefficient (Wildman–Crippen LogP) is 3.74. The van der Waals surface area contributed by atoms with Gasteiger partial charge >= 0.3 is 5.97 Å². The molecule has 1 atom stereocenters. The van der Waals surface area contributed by atoms with Crippen molar-refractivity contribution < 1.29 is 18.7 Å². The lowest BCUT2D eigenvalue weighted by Gasteiger charge is -2.12. The van der Waals surface area contributed by atoms with Crippen LogP contribution in [0.5, 0.6) is 0 Å². The van der Waals surface area contributed by atoms with Crippen LogP contribution in [0.25, 0.3) is 11.3 Å². The molecule has 0 aliphatic carbocycles. The highest BCUT2D eigenvalue weighted by atomic mass is 19.1. The van der Waals surface area contributed by atoms with E-state index in [0.717, 1.165) is 17.5 Å². The van der Waals surface area contributed by atoms with E-state index in [4.69, 9.17) is 9.52 Å². The van der Waals surface area contributed by atoms with Crippen LogP contribution in [-0.2, 0) is 11.3 Å². The Morgan fingerprint density at radius 3 is 2.77 bits per heavy atom. The third kappa shape index (κ3) is 3.95. The van der Waals surface area contributed by atoms with Gasteiger partial charge in [0.25, 0.3) is 0 Å². The monoisotopic (exact) mass is 305 g/mol. The quantitative estimate of drug-likeness (QED) is 0.818. The van der Waals surface area contributed by atoms with Crippen LogP contribution in [0.1, 0.15) is 31.1 Å². The maximum Gasteiger partial charge on any atom is 0.320 e. The van der Waals surface area contributed by atoms with Gasteiger partial charge in [-0.25, -0.2) is 4.39 Å². The van der Waals surface area contributed by atoms with Gasteiger partial charge < -0.3 is 9.52 Å². The van der Waals surface area contributed by atoms with Crippen molar-refractivity contribution in [2.75, 3.05) is 0 Å². The van der Waals surface area contributed by atoms with Crippen LogP contribution in [0, 0.1) is 12.7 Å². The minimum absolute atomic E-state index is 0.279. The molecule has 0 bridgehead atoms. The average Bonchev–Trinajstić information content (AvgIpc) is 2.91. The number of halogens is 1. The molecule has 1 aromatic carbocycles. The molecule has 118 valence electrons. The Hall–Kier alpha value is -2.14. The van der Waals surface area contributed by atoms with Crippen LogP contribution in [0.15, 0.2) is 34.7 Å². The number of carboxylic acids is 1. The van der Waals surface area contributed by atoms with Crippen molar-refractivity contribution in [3.63, 3.8) is 0 Å². The number of hydrogen-bond acceptors (Lipinski definition) is 3. The Kier molecular flexibility index (Phi) is 5.33. The largest absolute Gasteiger partial charge is 0.480 e. The van der Waals surface area contributed by atoms with Crippen LogP contribution in [0.3, 0.4) is 0 Å². The fraction of sp³-hybridized carbons (Fsp3) is 0.353. The molecule has 0 saturated carbocycles. The third-order valence-electron chi connectivity index (χ3n) is 3.51. The van der Waals surface area contributed by atoms with E-state index in [2.05, 4.69) is 5.32 Å². The lowest BCUT2D eigenvalue weighted by atomic mass is 10.1. The number of carboxylic acid groups (broad SMARTS) is 1. The zero-order chi connectivity index (χ0) is 16.1. The Morgan fingerprint density at radius 2 is 2.14 bits per heavy atom. The van der Waals surface area contributed by atoms with Crippen LogP contribution in [-0.4, -0.2) is 17.1 Å². The van der Waals surface area contributed by atoms with Crippen molar-refractivity contribution >= 4 is 5.97 Å². The van der Waals surface area contributed by atoms with E-state index >= 15 is 0 Å². The standard InChI is InChI=1S/C17H20FNO3/c1-3-4-15(17(20)21)19-10-13-6-8-16(22-13)14-7-5-12(18)9-11(14)2/h5-9,15,19H,3-4,10H2,1-2H3,(H,20,21). The van der Waals surface area contributed by atoms with Gasteiger partial charge in [-0.3, -0.25) is 10.1 Å². The molecule has 0 aliphatic heterocycles. The molecule has 2 aromatic rings. The van der Waals surface area contributed by atoms with Gasteiger partial charge in [0.1, 0.15) is 23.4 Å². The van der Waals surface area contributed by atoms with Crippen molar-refractivity contribution in [3.05, 3.63) is 47.5 Å². The zero-order valence-corrected chi connectivity index (χ0v) is 12.7. The van der Waals surface area contributed by atoms with E-state index in [0.29, 0.717) is 24.5 Å². The molecule has 0 amide bonds. The van der Waals surface area contributed by atoms with Gasteiger partial charge in [0.15, 0.2) is 0 Å². The van der Waals surface area contributed by atoms with E-state index in [1.54, 1.807) is 12.1 Å². The van der Waals surface area contributed by atoms with Gasteiger partial charge in [-0.1, -0.05) is 13.3 Å². The predicted molar refractivity (Wildman–Crippen MR) is 82.0 cm³/mol. The minimum atomic E-state index is -0.858. The number of aliphatic carboxylic acids is 1. The molecule has 2 N–H and O–H groups in total. The second-order valence-corrected chi connectivity index (χ2v) is 5.29. The summed E-state index contributed by atoms with van der Waals surface area (Å²) in [4.78, 5) is 11.1. The van der Waals surface area contributed by atoms with E-state index in [-0.39, 0.29) is 5.82 Å². The first-order chi connectivity index (χ1) is 10.5. The summed E-state index contributed by atoms with van der Waals surface area (Å²) in [5.41, 5.74) is 1.62. The summed E-state index contributed by atoms with van der Waals surface area (Å²) in [7, 11) is 0. The smallest absolute Gasteiger partial charge is 0.320 e. The summed E-state index contributed by atoms with van der Waals surface area (Å²) in [5.74, 6) is 0.166. The second kappa shape index (κ2) is 7.22. The lowest BCUT2D eigenvalue weighted by Crippen LogP contribution is -2.35. The number of rotatable bonds is 7. The highest BCUT2D eigenvalue weighted by Gasteiger charge is 2.16. The van der Waals surface area contributed by atoms with Crippen molar-refractivity contribution in [3.8, 4) is 11.3 Å². The molecule has 1 aromatic heterocycles. The number of carbonyl (C=O) groups is 1. The van der Waals surface area contributed by atoms with Crippen LogP contribution in [0.2, 0.25) is 0 Å². The maximum absolute atomic E-state index is 13.1. The van der Waals surface area contributed by atoms with E-state index in [9.17, 15) is 9.18 Å². The molecule has 0 saturated heterocycles. The first-order valence-electron chi connectivity index (χ1n) is 7.32. The fourth-order valence-electron chi connectivity index (χ4n) is 2.35. The van der Waals surface area contributed by atoms with E-state index in [1.807, 2.05) is 19.9 Å². The van der Waals surface area contributed by atoms with Crippen LogP contribution >= 0.6 is 0 Å². The molecular formula is C17H20FNO3. The molecule has 2 rings (SSSR count). The van der Waals surface area contributed by atoms with Crippen LogP contribution in [0.4, 0.5) is 4.39 Å². The molecule has 22 heavy (non-hydrogen) atoms. The number of hydrogen-bond donors (Lipinski definition) is 2. The summed E-state index contributed by atoms with van der Waals surface area (Å²) < 4.78 is 18.9. The molecule has 0 aliphatic rings. The molecule has 5 heteroatoms. The van der Waals surface area contributed by atoms with Gasteiger partial charge in [-0.15, -0.1) is 0 Å². The van der Waals surface area contributed by atoms with Crippen molar-refractivity contribution in [1.29, 1.82) is 0 Å². The summed E-state index contributed by atoms with van der Waals surface area (Å²) in [6.07, 6.45) is 1.36. The summed E-state index contributed by atoms with van der Waals surface area (Å²) in [5, 5.41) is 12.1. The Labute approximate surface area is 129 Å². The van der Waals surface area contributed by atoms with Gasteiger partial charge in [0.05, 0.1) is 6.54 Å². The molecule has 0 spiro atoms. The Bertz CT molecular complexity index is 651. The highest BCUT2D eigenvalue weighted by molar-refractivity contribution is 5.73. The normalized spacial score (nSPS) is 12.3. The highest BCUT2D eigenvalue weighted by Crippen LogP contribution is 2.26.